The van der Waals surface area contributed by atoms with Crippen molar-refractivity contribution in [2.45, 2.75) is 0 Å². The van der Waals surface area contributed by atoms with E-state index in [1.165, 1.54) is 0 Å². The molecule has 0 saturated carbocycles. The van der Waals surface area contributed by atoms with Crippen molar-refractivity contribution in [1.29, 1.82) is 0 Å². The van der Waals surface area contributed by atoms with Gasteiger partial charge in [-0.25, -0.2) is 0 Å². The maximum atomic E-state index is 9.90. The van der Waals surface area contributed by atoms with E-state index < -0.39 is 18.2 Å². The summed E-state index contributed by atoms with van der Waals surface area (Å²) in [4.78, 5) is 0. The summed E-state index contributed by atoms with van der Waals surface area (Å²) in [5.41, 5.74) is 0. The van der Waals surface area contributed by atoms with Crippen molar-refractivity contribution in [2.75, 3.05) is 0 Å². The summed E-state index contributed by atoms with van der Waals surface area (Å²) < 4.78 is 39.6. The third kappa shape index (κ3) is 90.0. The van der Waals surface area contributed by atoms with Crippen LogP contribution in [-0.4, -0.2) is 0 Å². The molecule has 0 saturated heterocycles. The Bertz CT molecular complexity index is 23.0. The first-order valence-corrected chi connectivity index (χ1v) is 5.05. The van der Waals surface area contributed by atoms with Crippen LogP contribution < -0.4 is 0 Å². The number of hydrogen-bond acceptors (Lipinski definition) is 0. The zero-order valence-corrected chi connectivity index (χ0v) is 6.23. The van der Waals surface area contributed by atoms with Gasteiger partial charge in [-0.1, -0.05) is 0 Å². The first-order chi connectivity index (χ1) is 2.00. The summed E-state index contributed by atoms with van der Waals surface area (Å²) in [6.07, 6.45) is 0. The van der Waals surface area contributed by atoms with Crippen LogP contribution in [-0.2, 0) is 34.9 Å². The van der Waals surface area contributed by atoms with Crippen LogP contribution in [0.3, 0.4) is 0 Å². The molecule has 0 aliphatic rings. The van der Waals surface area contributed by atoms with Gasteiger partial charge < -0.3 is 0 Å². The van der Waals surface area contributed by atoms with E-state index >= 15 is 0 Å². The summed E-state index contributed by atoms with van der Waals surface area (Å²) in [6, 6.07) is 0. The average Bonchev–Trinajstić information content (AvgIpc) is 0.722. The predicted molar refractivity (Wildman–Crippen MR) is 4.43 cm³/mol. The fourth-order valence-electron chi connectivity index (χ4n) is 0. The van der Waals surface area contributed by atoms with Gasteiger partial charge in [0.25, 0.3) is 0 Å². The molecule has 0 aromatic carbocycles. The molecule has 1 radical (unpaired) electrons. The molecule has 0 nitrogen and oxygen atoms in total. The Kier molecular flexibility index (Phi) is 4.99. The molecule has 0 N–H and O–H groups in total. The molecule has 43 valence electrons. The average molecular weight is 319 g/mol. The summed E-state index contributed by atoms with van der Waals surface area (Å²) in [5.74, 6) is 0. The monoisotopic (exact) mass is 319 g/mol. The van der Waals surface area contributed by atoms with Crippen LogP contribution in [0, 0.1) is 0 Å². The van der Waals surface area contributed by atoms with Gasteiger partial charge in [-0.3, -0.25) is 0 Å². The van der Waals surface area contributed by atoms with E-state index in [-0.39, 0.29) is 16.8 Å². The Morgan fingerprint density at radius 2 is 0.833 bits per heavy atom. The second-order valence-electron chi connectivity index (χ2n) is 0.350. The molecule has 0 unspecified atom stereocenters. The van der Waals surface area contributed by atoms with Gasteiger partial charge >= 0.3 is 30.8 Å². The Balaban J connectivity index is 0. The van der Waals surface area contributed by atoms with Crippen LogP contribution in [0.1, 0.15) is 0 Å². The summed E-state index contributed by atoms with van der Waals surface area (Å²) in [7, 11) is 0. The van der Waals surface area contributed by atoms with Gasteiger partial charge in [0.05, 0.1) is 0 Å². The molecule has 0 bridgehead atoms. The molecule has 0 aromatic heterocycles. The van der Waals surface area contributed by atoms with Gasteiger partial charge in [0.15, 0.2) is 0 Å². The molecule has 6 heteroatoms. The van der Waals surface area contributed by atoms with Gasteiger partial charge in [-0.05, 0) is 0 Å². The molecule has 0 aliphatic heterocycles. The van der Waals surface area contributed by atoms with Crippen LogP contribution in [0.25, 0.3) is 0 Å². The predicted octanol–water partition coefficient (Wildman–Crippen LogP) is 1.68. The number of rotatable bonds is 0. The fourth-order valence-corrected chi connectivity index (χ4v) is 0. The van der Waals surface area contributed by atoms with E-state index in [1.807, 2.05) is 0 Å². The molecule has 0 atom stereocenters. The third-order valence-electron chi connectivity index (χ3n) is 0. The molecule has 0 fully saturated rings. The Morgan fingerprint density at radius 3 is 0.833 bits per heavy atom. The van der Waals surface area contributed by atoms with Crippen molar-refractivity contribution < 1.29 is 47.6 Å². The van der Waals surface area contributed by atoms with E-state index in [4.69, 9.17) is 0 Å². The molecular weight excluding hydrogens is 319 g/mol. The maximum absolute atomic E-state index is 9.90. The van der Waals surface area contributed by atoms with Crippen LogP contribution in [0.4, 0.5) is 12.6 Å². The van der Waals surface area contributed by atoms with Gasteiger partial charge in [0, 0.05) is 16.8 Å². The Morgan fingerprint density at radius 1 is 0.833 bits per heavy atom. The first-order valence-electron chi connectivity index (χ1n) is 0.617. The van der Waals surface area contributed by atoms with Crippen molar-refractivity contribution in [3.63, 3.8) is 0 Å². The SMILES string of the molecule is [Co].[F][W]([F])([F])[F]. The zero-order valence-electron chi connectivity index (χ0n) is 2.25. The topological polar surface area (TPSA) is 0 Å². The van der Waals surface area contributed by atoms with Gasteiger partial charge in [0.1, 0.15) is 0 Å². The summed E-state index contributed by atoms with van der Waals surface area (Å²) in [6.45, 7) is 0. The Labute approximate surface area is 47.9 Å². The molecule has 0 aliphatic carbocycles. The summed E-state index contributed by atoms with van der Waals surface area (Å²) in [5, 5.41) is 0. The van der Waals surface area contributed by atoms with E-state index in [0.29, 0.717) is 0 Å². The van der Waals surface area contributed by atoms with Gasteiger partial charge in [-0.2, -0.15) is 0 Å². The van der Waals surface area contributed by atoms with Crippen molar-refractivity contribution in [2.24, 2.45) is 0 Å². The minimum atomic E-state index is -7.17. The van der Waals surface area contributed by atoms with Crippen molar-refractivity contribution in [3.8, 4) is 0 Å². The minimum absolute atomic E-state index is 0. The van der Waals surface area contributed by atoms with E-state index in [2.05, 4.69) is 0 Å². The van der Waals surface area contributed by atoms with Crippen LogP contribution in [0.2, 0.25) is 0 Å². The van der Waals surface area contributed by atoms with E-state index in [1.54, 1.807) is 0 Å². The quantitative estimate of drug-likeness (QED) is 0.596. The van der Waals surface area contributed by atoms with Crippen molar-refractivity contribution >= 4 is 0 Å². The van der Waals surface area contributed by atoms with Gasteiger partial charge in [0.2, 0.25) is 0 Å². The van der Waals surface area contributed by atoms with Crippen LogP contribution >= 0.6 is 0 Å². The second-order valence-corrected chi connectivity index (χ2v) is 2.86. The molecular formula is CoF4W. The number of halogens is 4. The fraction of sp³-hybridized carbons (Fsp3) is 0. The zero-order chi connectivity index (χ0) is 4.50. The van der Waals surface area contributed by atoms with Crippen molar-refractivity contribution in [3.05, 3.63) is 0 Å². The molecule has 0 amide bonds. The second kappa shape index (κ2) is 2.99. The van der Waals surface area contributed by atoms with Crippen LogP contribution in [0.15, 0.2) is 0 Å². The normalized spacial score (nSPS) is 12.7. The molecule has 0 rings (SSSR count). The summed E-state index contributed by atoms with van der Waals surface area (Å²) >= 11 is -7.17. The molecule has 0 heterocycles. The standard InChI is InChI=1S/Co.4FH.W/h;4*1H;/q;;;;;+4/p-4. The third-order valence-corrected chi connectivity index (χ3v) is 0. The van der Waals surface area contributed by atoms with Crippen LogP contribution in [0.5, 0.6) is 0 Å². The first kappa shape index (κ1) is 10.0. The Hall–Kier alpha value is 0.915. The molecule has 0 spiro atoms. The van der Waals surface area contributed by atoms with E-state index in [0.717, 1.165) is 0 Å². The number of hydrogen-bond donors (Lipinski definition) is 0. The molecule has 6 heavy (non-hydrogen) atoms. The van der Waals surface area contributed by atoms with E-state index in [9.17, 15) is 12.6 Å². The molecule has 0 aromatic rings. The van der Waals surface area contributed by atoms with Gasteiger partial charge in [-0.15, -0.1) is 0 Å². The van der Waals surface area contributed by atoms with Crippen molar-refractivity contribution in [1.82, 2.24) is 0 Å².